The van der Waals surface area contributed by atoms with Gasteiger partial charge in [0.2, 0.25) is 11.9 Å². The van der Waals surface area contributed by atoms with Gasteiger partial charge in [0.25, 0.3) is 11.5 Å². The molecule has 0 saturated carbocycles. The van der Waals surface area contributed by atoms with Gasteiger partial charge in [0.15, 0.2) is 11.2 Å². The molecule has 6 rings (SSSR count). The van der Waals surface area contributed by atoms with Gasteiger partial charge in [-0.3, -0.25) is 33.0 Å². The molecule has 13 nitrogen and oxygen atoms in total. The molecule has 0 N–H and O–H groups in total. The van der Waals surface area contributed by atoms with E-state index in [-0.39, 0.29) is 24.8 Å². The number of amides is 2. The van der Waals surface area contributed by atoms with Gasteiger partial charge in [-0.15, -0.1) is 0 Å². The van der Waals surface area contributed by atoms with E-state index < -0.39 is 23.3 Å². The van der Waals surface area contributed by atoms with Crippen molar-refractivity contribution in [3.63, 3.8) is 0 Å². The fraction of sp³-hybridized carbons (Fsp3) is 0.355. The van der Waals surface area contributed by atoms with Gasteiger partial charge >= 0.3 is 11.7 Å². The van der Waals surface area contributed by atoms with Crippen molar-refractivity contribution in [2.75, 3.05) is 42.6 Å². The number of hydrogen-bond acceptors (Lipinski definition) is 9. The van der Waals surface area contributed by atoms with Crippen molar-refractivity contribution >= 4 is 40.6 Å². The monoisotopic (exact) mass is 599 g/mol. The maximum atomic E-state index is 13.5. The number of piperazine rings is 1. The van der Waals surface area contributed by atoms with Crippen LogP contribution >= 0.6 is 0 Å². The molecule has 228 valence electrons. The van der Waals surface area contributed by atoms with Crippen molar-refractivity contribution in [1.29, 1.82) is 0 Å². The van der Waals surface area contributed by atoms with Crippen LogP contribution in [-0.2, 0) is 35.0 Å². The molecule has 2 amide bonds. The Balaban J connectivity index is 1.23. The highest BCUT2D eigenvalue weighted by Gasteiger charge is 2.43. The van der Waals surface area contributed by atoms with Crippen LogP contribution < -0.4 is 21.0 Å². The van der Waals surface area contributed by atoms with Crippen LogP contribution in [0.1, 0.15) is 29.3 Å². The first kappa shape index (κ1) is 29.1. The molecule has 1 atom stereocenters. The Morgan fingerprint density at radius 1 is 0.909 bits per heavy atom. The molecule has 2 aliphatic rings. The third kappa shape index (κ3) is 4.98. The summed E-state index contributed by atoms with van der Waals surface area (Å²) in [7, 11) is 3.06. The minimum absolute atomic E-state index is 0.0587. The first-order chi connectivity index (χ1) is 21.2. The van der Waals surface area contributed by atoms with E-state index in [1.165, 1.54) is 16.5 Å². The molecule has 2 aromatic carbocycles. The van der Waals surface area contributed by atoms with Gasteiger partial charge in [-0.05, 0) is 36.8 Å². The van der Waals surface area contributed by atoms with E-state index in [1.807, 2.05) is 39.8 Å². The number of imide groups is 1. The fourth-order valence-electron chi connectivity index (χ4n) is 5.96. The summed E-state index contributed by atoms with van der Waals surface area (Å²) in [6.45, 7) is 4.34. The number of benzene rings is 2. The molecule has 0 radical (unpaired) electrons. The zero-order valence-electron chi connectivity index (χ0n) is 24.8. The van der Waals surface area contributed by atoms with Crippen molar-refractivity contribution < 1.29 is 19.1 Å². The Kier molecular flexibility index (Phi) is 7.64. The number of carbonyl (C=O) groups is 3. The highest BCUT2D eigenvalue weighted by Crippen LogP contribution is 2.28. The first-order valence-electron chi connectivity index (χ1n) is 14.5. The molecule has 2 aromatic heterocycles. The summed E-state index contributed by atoms with van der Waals surface area (Å²) >= 11 is 0. The Morgan fingerprint density at radius 2 is 1.59 bits per heavy atom. The lowest BCUT2D eigenvalue weighted by molar-refractivity contribution is -0.123. The molecule has 4 heterocycles. The molecule has 44 heavy (non-hydrogen) atoms. The van der Waals surface area contributed by atoms with Gasteiger partial charge in [-0.1, -0.05) is 30.3 Å². The predicted octanol–water partition coefficient (Wildman–Crippen LogP) is 1.11. The fourth-order valence-corrected chi connectivity index (χ4v) is 5.96. The minimum atomic E-state index is -0.606. The molecule has 1 unspecified atom stereocenters. The topological polar surface area (TPSA) is 132 Å². The third-order valence-corrected chi connectivity index (χ3v) is 8.31. The van der Waals surface area contributed by atoms with Gasteiger partial charge in [-0.25, -0.2) is 14.5 Å². The molecule has 0 aliphatic carbocycles. The lowest BCUT2D eigenvalue weighted by atomic mass is 10.1. The molecule has 2 saturated heterocycles. The summed E-state index contributed by atoms with van der Waals surface area (Å²) in [5.74, 6) is -0.498. The molecule has 2 fully saturated rings. The average molecular weight is 600 g/mol. The quantitative estimate of drug-likeness (QED) is 0.226. The lowest BCUT2D eigenvalue weighted by Crippen LogP contribution is -2.53. The number of esters is 1. The van der Waals surface area contributed by atoms with Crippen LogP contribution in [0.15, 0.2) is 64.2 Å². The van der Waals surface area contributed by atoms with Crippen LogP contribution in [0.25, 0.3) is 11.2 Å². The van der Waals surface area contributed by atoms with Gasteiger partial charge in [0.1, 0.15) is 0 Å². The molecule has 4 aromatic rings. The molecule has 13 heteroatoms. The van der Waals surface area contributed by atoms with Crippen molar-refractivity contribution in [1.82, 2.24) is 23.6 Å². The number of imidazole rings is 1. The number of ether oxygens (including phenoxy) is 1. The van der Waals surface area contributed by atoms with Crippen molar-refractivity contribution in [2.24, 2.45) is 14.1 Å². The van der Waals surface area contributed by atoms with E-state index >= 15 is 0 Å². The zero-order chi connectivity index (χ0) is 31.1. The van der Waals surface area contributed by atoms with Crippen molar-refractivity contribution in [3.8, 4) is 0 Å². The summed E-state index contributed by atoms with van der Waals surface area (Å²) in [4.78, 5) is 74.5. The normalized spacial score (nSPS) is 17.6. The lowest BCUT2D eigenvalue weighted by Gasteiger charge is -2.37. The zero-order valence-corrected chi connectivity index (χ0v) is 24.8. The second kappa shape index (κ2) is 11.6. The number of nitrogens with zero attached hydrogens (tertiary/aromatic N) is 7. The van der Waals surface area contributed by atoms with E-state index in [1.54, 1.807) is 38.2 Å². The van der Waals surface area contributed by atoms with Crippen LogP contribution in [0.5, 0.6) is 0 Å². The van der Waals surface area contributed by atoms with Crippen LogP contribution in [0, 0.1) is 0 Å². The smallest absolute Gasteiger partial charge is 0.338 e. The summed E-state index contributed by atoms with van der Waals surface area (Å²) in [6, 6.07) is 15.4. The molecule has 0 spiro atoms. The maximum Gasteiger partial charge on any atom is 0.338 e. The van der Waals surface area contributed by atoms with E-state index in [0.717, 1.165) is 10.1 Å². The van der Waals surface area contributed by atoms with Gasteiger partial charge in [0, 0.05) is 40.3 Å². The number of carbonyl (C=O) groups excluding carboxylic acids is 3. The molecular formula is C31H33N7O6. The van der Waals surface area contributed by atoms with E-state index in [0.29, 0.717) is 61.1 Å². The highest BCUT2D eigenvalue weighted by molar-refractivity contribution is 6.22. The van der Waals surface area contributed by atoms with Crippen molar-refractivity contribution in [2.45, 2.75) is 25.9 Å². The number of rotatable bonds is 7. The second-order valence-electron chi connectivity index (χ2n) is 10.9. The van der Waals surface area contributed by atoms with E-state index in [9.17, 15) is 24.0 Å². The van der Waals surface area contributed by atoms with Crippen LogP contribution in [0.4, 0.5) is 11.6 Å². The predicted molar refractivity (Wildman–Crippen MR) is 163 cm³/mol. The molecule has 2 aliphatic heterocycles. The van der Waals surface area contributed by atoms with E-state index in [2.05, 4.69) is 4.90 Å². The Hall–Kier alpha value is -5.04. The summed E-state index contributed by atoms with van der Waals surface area (Å²) in [5.41, 5.74) is 1.53. The molecular weight excluding hydrogens is 566 g/mol. The van der Waals surface area contributed by atoms with Crippen LogP contribution in [0.2, 0.25) is 0 Å². The standard InChI is InChI=1S/C31H33N7O6/c1-4-44-29(42)21-10-12-22(13-11-21)38-24(39)18-23(27(38)40)35-14-16-36(17-15-35)30-32-26-25(28(41)34(3)31(43)33(26)2)37(30)19-20-8-6-5-7-9-20/h5-13,23H,4,14-19H2,1-3H3. The first-order valence-corrected chi connectivity index (χ1v) is 14.5. The van der Waals surface area contributed by atoms with Crippen molar-refractivity contribution in [3.05, 3.63) is 86.6 Å². The highest BCUT2D eigenvalue weighted by atomic mass is 16.5. The SMILES string of the molecule is CCOC(=O)c1ccc(N2C(=O)CC(N3CCN(c4nc5c(c(=O)n(C)c(=O)n5C)n4Cc4ccccc4)CC3)C2=O)cc1. The van der Waals surface area contributed by atoms with Crippen LogP contribution in [0.3, 0.4) is 0 Å². The third-order valence-electron chi connectivity index (χ3n) is 8.31. The summed E-state index contributed by atoms with van der Waals surface area (Å²) in [5, 5.41) is 0. The molecule has 0 bridgehead atoms. The Labute approximate surface area is 252 Å². The second-order valence-corrected chi connectivity index (χ2v) is 10.9. The van der Waals surface area contributed by atoms with E-state index in [4.69, 9.17) is 9.72 Å². The Morgan fingerprint density at radius 3 is 2.25 bits per heavy atom. The number of aryl methyl sites for hydroxylation is 1. The van der Waals surface area contributed by atoms with Gasteiger partial charge in [0.05, 0.1) is 36.9 Å². The van der Waals surface area contributed by atoms with Crippen LogP contribution in [-0.4, -0.2) is 80.2 Å². The summed E-state index contributed by atoms with van der Waals surface area (Å²) < 4.78 is 9.34. The average Bonchev–Trinajstić information content (AvgIpc) is 3.56. The van der Waals surface area contributed by atoms with Gasteiger partial charge < -0.3 is 9.64 Å². The summed E-state index contributed by atoms with van der Waals surface area (Å²) in [6.07, 6.45) is 0.0587. The number of fused-ring (bicyclic) bond motifs is 1. The number of hydrogen-bond donors (Lipinski definition) is 0. The maximum absolute atomic E-state index is 13.5. The number of anilines is 2. The largest absolute Gasteiger partial charge is 0.462 e. The van der Waals surface area contributed by atoms with Gasteiger partial charge in [-0.2, -0.15) is 4.98 Å². The number of aromatic nitrogens is 4. The Bertz CT molecular complexity index is 1870. The minimum Gasteiger partial charge on any atom is -0.462 e.